The molecule has 2 aromatic heterocycles. The number of benzene rings is 1. The molecule has 0 saturated carbocycles. The molecule has 0 amide bonds. The summed E-state index contributed by atoms with van der Waals surface area (Å²) < 4.78 is 5.47. The molecule has 3 rings (SSSR count). The van der Waals surface area contributed by atoms with Crippen LogP contribution in [0.3, 0.4) is 0 Å². The van der Waals surface area contributed by atoms with E-state index in [1.807, 2.05) is 0 Å². The number of halogens is 2. The third-order valence-electron chi connectivity index (χ3n) is 2.55. The number of fused-ring (bicyclic) bond motifs is 1. The minimum absolute atomic E-state index is 0.0185. The first-order valence-electron chi connectivity index (χ1n) is 5.53. The van der Waals surface area contributed by atoms with E-state index in [-0.39, 0.29) is 27.6 Å². The molecule has 1 N–H and O–H groups in total. The summed E-state index contributed by atoms with van der Waals surface area (Å²) in [5.74, 6) is 0.0167. The number of nitrogens with zero attached hydrogens (tertiary/aromatic N) is 4. The SMILES string of the molecule is O=[N+]([O-])c1cc(Cl)ccc1Oc1nc(Cl)nc2nc[nH]c12. The summed E-state index contributed by atoms with van der Waals surface area (Å²) in [7, 11) is 0. The zero-order valence-electron chi connectivity index (χ0n) is 10.1. The Morgan fingerprint density at radius 3 is 2.86 bits per heavy atom. The number of rotatable bonds is 3. The summed E-state index contributed by atoms with van der Waals surface area (Å²) in [6.07, 6.45) is 1.39. The normalized spacial score (nSPS) is 10.8. The Morgan fingerprint density at radius 2 is 2.10 bits per heavy atom. The highest BCUT2D eigenvalue weighted by atomic mass is 35.5. The van der Waals surface area contributed by atoms with Crippen molar-refractivity contribution in [3.05, 3.63) is 44.9 Å². The molecule has 106 valence electrons. The Balaban J connectivity index is 2.10. The second kappa shape index (κ2) is 5.15. The fraction of sp³-hybridized carbons (Fsp3) is 0. The van der Waals surface area contributed by atoms with Gasteiger partial charge in [-0.25, -0.2) is 4.98 Å². The summed E-state index contributed by atoms with van der Waals surface area (Å²) in [6.45, 7) is 0. The van der Waals surface area contributed by atoms with E-state index in [1.54, 1.807) is 0 Å². The van der Waals surface area contributed by atoms with Crippen molar-refractivity contribution in [1.29, 1.82) is 0 Å². The molecule has 0 bridgehead atoms. The molecular weight excluding hydrogens is 321 g/mol. The van der Waals surface area contributed by atoms with E-state index in [9.17, 15) is 10.1 Å². The van der Waals surface area contributed by atoms with Crippen LogP contribution in [0.1, 0.15) is 0 Å². The number of nitro benzene ring substituents is 1. The maximum Gasteiger partial charge on any atom is 0.313 e. The van der Waals surface area contributed by atoms with Gasteiger partial charge >= 0.3 is 5.69 Å². The third-order valence-corrected chi connectivity index (χ3v) is 2.95. The lowest BCUT2D eigenvalue weighted by Crippen LogP contribution is -1.96. The molecule has 1 aromatic carbocycles. The van der Waals surface area contributed by atoms with Gasteiger partial charge in [0.15, 0.2) is 5.65 Å². The number of hydrogen-bond acceptors (Lipinski definition) is 6. The van der Waals surface area contributed by atoms with Crippen molar-refractivity contribution in [2.75, 3.05) is 0 Å². The van der Waals surface area contributed by atoms with E-state index < -0.39 is 4.92 Å². The number of hydrogen-bond donors (Lipinski definition) is 1. The molecule has 2 heterocycles. The van der Waals surface area contributed by atoms with Crippen molar-refractivity contribution in [2.45, 2.75) is 0 Å². The van der Waals surface area contributed by atoms with Crippen molar-refractivity contribution < 1.29 is 9.66 Å². The molecule has 0 aliphatic carbocycles. The Kier molecular flexibility index (Phi) is 3.32. The maximum atomic E-state index is 11.0. The second-order valence-electron chi connectivity index (χ2n) is 3.87. The predicted molar refractivity (Wildman–Crippen MR) is 74.9 cm³/mol. The van der Waals surface area contributed by atoms with Gasteiger partial charge in [-0.3, -0.25) is 10.1 Å². The van der Waals surface area contributed by atoms with Crippen LogP contribution in [0.2, 0.25) is 10.3 Å². The Labute approximate surface area is 126 Å². The molecular formula is C11H5Cl2N5O3. The van der Waals surface area contributed by atoms with Crippen LogP contribution in [-0.4, -0.2) is 24.9 Å². The van der Waals surface area contributed by atoms with Gasteiger partial charge in [0.05, 0.1) is 11.3 Å². The van der Waals surface area contributed by atoms with Crippen LogP contribution in [0.25, 0.3) is 11.2 Å². The quantitative estimate of drug-likeness (QED) is 0.449. The first-order valence-corrected chi connectivity index (χ1v) is 6.28. The lowest BCUT2D eigenvalue weighted by Gasteiger charge is -2.06. The minimum Gasteiger partial charge on any atom is -0.430 e. The van der Waals surface area contributed by atoms with Gasteiger partial charge in [-0.1, -0.05) is 11.6 Å². The number of aromatic nitrogens is 4. The molecule has 8 nitrogen and oxygen atoms in total. The number of ether oxygens (including phenoxy) is 1. The van der Waals surface area contributed by atoms with Gasteiger partial charge in [-0.05, 0) is 23.7 Å². The Morgan fingerprint density at radius 1 is 1.29 bits per heavy atom. The summed E-state index contributed by atoms with van der Waals surface area (Å²) in [5, 5.41) is 11.2. The summed E-state index contributed by atoms with van der Waals surface area (Å²) >= 11 is 11.5. The van der Waals surface area contributed by atoms with Crippen LogP contribution in [-0.2, 0) is 0 Å². The van der Waals surface area contributed by atoms with Gasteiger partial charge in [-0.2, -0.15) is 9.97 Å². The molecule has 10 heteroatoms. The zero-order valence-corrected chi connectivity index (χ0v) is 11.6. The summed E-state index contributed by atoms with van der Waals surface area (Å²) in [6, 6.07) is 4.03. The molecule has 0 fully saturated rings. The third kappa shape index (κ3) is 2.58. The zero-order chi connectivity index (χ0) is 15.0. The highest BCUT2D eigenvalue weighted by Crippen LogP contribution is 2.34. The summed E-state index contributed by atoms with van der Waals surface area (Å²) in [4.78, 5) is 24.9. The first kappa shape index (κ1) is 13.5. The van der Waals surface area contributed by atoms with Gasteiger partial charge < -0.3 is 9.72 Å². The standard InChI is InChI=1S/C11H5Cl2N5O3/c12-5-1-2-7(6(3-5)18(19)20)21-10-8-9(15-4-14-8)16-11(13)17-10/h1-4H,(H,14,15,16,17). The molecule has 3 aromatic rings. The van der Waals surface area contributed by atoms with Crippen LogP contribution in [0.5, 0.6) is 11.6 Å². The minimum atomic E-state index is -0.603. The van der Waals surface area contributed by atoms with Crippen LogP contribution < -0.4 is 4.74 Å². The van der Waals surface area contributed by atoms with Gasteiger partial charge in [0, 0.05) is 11.1 Å². The molecule has 0 saturated heterocycles. The van der Waals surface area contributed by atoms with Crippen LogP contribution in [0, 0.1) is 10.1 Å². The molecule has 0 aliphatic heterocycles. The largest absolute Gasteiger partial charge is 0.430 e. The second-order valence-corrected chi connectivity index (χ2v) is 4.64. The fourth-order valence-corrected chi connectivity index (χ4v) is 2.00. The fourth-order valence-electron chi connectivity index (χ4n) is 1.68. The number of aromatic amines is 1. The number of H-pyrrole nitrogens is 1. The van der Waals surface area contributed by atoms with E-state index >= 15 is 0 Å². The summed E-state index contributed by atoms with van der Waals surface area (Å²) in [5.41, 5.74) is 0.384. The average molecular weight is 326 g/mol. The van der Waals surface area contributed by atoms with Gasteiger partial charge in [-0.15, -0.1) is 0 Å². The molecule has 21 heavy (non-hydrogen) atoms. The predicted octanol–water partition coefficient (Wildman–Crippen LogP) is 3.36. The first-order chi connectivity index (χ1) is 10.0. The molecule has 0 radical (unpaired) electrons. The number of nitrogens with one attached hydrogen (secondary N) is 1. The molecule has 0 atom stereocenters. The molecule has 0 spiro atoms. The van der Waals surface area contributed by atoms with E-state index in [1.165, 1.54) is 24.5 Å². The lowest BCUT2D eigenvalue weighted by molar-refractivity contribution is -0.385. The van der Waals surface area contributed by atoms with E-state index in [4.69, 9.17) is 27.9 Å². The van der Waals surface area contributed by atoms with Crippen LogP contribution >= 0.6 is 23.2 Å². The van der Waals surface area contributed by atoms with Gasteiger partial charge in [0.1, 0.15) is 5.52 Å². The highest BCUT2D eigenvalue weighted by Gasteiger charge is 2.19. The highest BCUT2D eigenvalue weighted by molar-refractivity contribution is 6.30. The van der Waals surface area contributed by atoms with Crippen molar-refractivity contribution in [3.63, 3.8) is 0 Å². The topological polar surface area (TPSA) is 107 Å². The lowest BCUT2D eigenvalue weighted by atomic mass is 10.3. The van der Waals surface area contributed by atoms with Crippen molar-refractivity contribution >= 4 is 40.1 Å². The molecule has 0 unspecified atom stereocenters. The number of imidazole rings is 1. The molecule has 0 aliphatic rings. The van der Waals surface area contributed by atoms with E-state index in [0.717, 1.165) is 0 Å². The Hall–Kier alpha value is -2.45. The van der Waals surface area contributed by atoms with Gasteiger partial charge in [0.25, 0.3) is 0 Å². The van der Waals surface area contributed by atoms with Crippen molar-refractivity contribution in [3.8, 4) is 11.6 Å². The van der Waals surface area contributed by atoms with E-state index in [0.29, 0.717) is 11.2 Å². The maximum absolute atomic E-state index is 11.0. The van der Waals surface area contributed by atoms with Crippen molar-refractivity contribution in [2.24, 2.45) is 0 Å². The number of nitro groups is 1. The van der Waals surface area contributed by atoms with Gasteiger partial charge in [0.2, 0.25) is 16.9 Å². The average Bonchev–Trinajstić information content (AvgIpc) is 2.88. The smallest absolute Gasteiger partial charge is 0.313 e. The van der Waals surface area contributed by atoms with Crippen LogP contribution in [0.4, 0.5) is 5.69 Å². The van der Waals surface area contributed by atoms with Crippen LogP contribution in [0.15, 0.2) is 24.5 Å². The Bertz CT molecular complexity index is 851. The van der Waals surface area contributed by atoms with E-state index in [2.05, 4.69) is 19.9 Å². The van der Waals surface area contributed by atoms with Crippen molar-refractivity contribution in [1.82, 2.24) is 19.9 Å². The monoisotopic (exact) mass is 325 g/mol.